The summed E-state index contributed by atoms with van der Waals surface area (Å²) in [6.07, 6.45) is 1.49. The molecule has 0 atom stereocenters. The fourth-order valence-electron chi connectivity index (χ4n) is 2.98. The lowest BCUT2D eigenvalue weighted by Gasteiger charge is -2.34. The highest BCUT2D eigenvalue weighted by Crippen LogP contribution is 2.18. The van der Waals surface area contributed by atoms with Gasteiger partial charge in [-0.25, -0.2) is 18.2 Å². The minimum atomic E-state index is -3.34. The van der Waals surface area contributed by atoms with E-state index in [0.717, 1.165) is 11.4 Å². The summed E-state index contributed by atoms with van der Waals surface area (Å²) >= 11 is 0. The second-order valence-corrected chi connectivity index (χ2v) is 8.22. The van der Waals surface area contributed by atoms with E-state index in [1.54, 1.807) is 19.1 Å². The van der Waals surface area contributed by atoms with E-state index in [0.29, 0.717) is 38.3 Å². The van der Waals surface area contributed by atoms with Crippen LogP contribution in [-0.2, 0) is 20.5 Å². The smallest absolute Gasteiger partial charge is 0.339 e. The molecule has 27 heavy (non-hydrogen) atoms. The minimum Gasteiger partial charge on any atom is -0.462 e. The highest BCUT2D eigenvalue weighted by molar-refractivity contribution is 7.88. The molecule has 0 saturated carbocycles. The first-order valence-electron chi connectivity index (χ1n) is 8.89. The van der Waals surface area contributed by atoms with Gasteiger partial charge in [0, 0.05) is 32.4 Å². The number of carbonyl (C=O) groups is 1. The molecule has 144 valence electrons. The first kappa shape index (κ1) is 19.3. The van der Waals surface area contributed by atoms with Gasteiger partial charge in [-0.05, 0) is 24.6 Å². The summed E-state index contributed by atoms with van der Waals surface area (Å²) in [5.41, 5.74) is 1.20. The zero-order valence-electron chi connectivity index (χ0n) is 15.2. The van der Waals surface area contributed by atoms with E-state index in [9.17, 15) is 13.2 Å². The molecule has 7 nitrogen and oxygen atoms in total. The van der Waals surface area contributed by atoms with Gasteiger partial charge in [0.05, 0.1) is 17.9 Å². The van der Waals surface area contributed by atoms with Crippen LogP contribution in [0.3, 0.4) is 0 Å². The van der Waals surface area contributed by atoms with Crippen LogP contribution in [0.25, 0.3) is 0 Å². The number of nitrogens with zero attached hydrogens (tertiary/aromatic N) is 3. The summed E-state index contributed by atoms with van der Waals surface area (Å²) in [6, 6.07) is 12.6. The fraction of sp³-hybridized carbons (Fsp3) is 0.368. The predicted molar refractivity (Wildman–Crippen MR) is 103 cm³/mol. The molecule has 0 radical (unpaired) electrons. The van der Waals surface area contributed by atoms with Crippen LogP contribution in [0.2, 0.25) is 0 Å². The van der Waals surface area contributed by atoms with Gasteiger partial charge in [-0.3, -0.25) is 0 Å². The number of piperazine rings is 1. The molecule has 0 spiro atoms. The zero-order valence-corrected chi connectivity index (χ0v) is 16.1. The number of anilines is 1. The maximum atomic E-state index is 12.6. The quantitative estimate of drug-likeness (QED) is 0.702. The second-order valence-electron chi connectivity index (χ2n) is 6.25. The zero-order chi connectivity index (χ0) is 19.3. The van der Waals surface area contributed by atoms with Crippen LogP contribution in [0.1, 0.15) is 22.8 Å². The Balaban J connectivity index is 1.59. The van der Waals surface area contributed by atoms with Gasteiger partial charge >= 0.3 is 5.97 Å². The van der Waals surface area contributed by atoms with Crippen molar-refractivity contribution >= 4 is 21.8 Å². The van der Waals surface area contributed by atoms with E-state index >= 15 is 0 Å². The lowest BCUT2D eigenvalue weighted by Crippen LogP contribution is -2.49. The number of carbonyl (C=O) groups excluding carboxylic acids is 1. The second kappa shape index (κ2) is 8.49. The number of pyridine rings is 1. The third kappa shape index (κ3) is 4.84. The molecule has 1 aliphatic rings. The number of esters is 1. The number of sulfonamides is 1. The largest absolute Gasteiger partial charge is 0.462 e. The summed E-state index contributed by atoms with van der Waals surface area (Å²) in [5.74, 6) is 0.344. The van der Waals surface area contributed by atoms with Crippen molar-refractivity contribution in [3.8, 4) is 0 Å². The monoisotopic (exact) mass is 389 g/mol. The van der Waals surface area contributed by atoms with Crippen LogP contribution in [-0.4, -0.2) is 56.5 Å². The van der Waals surface area contributed by atoms with Gasteiger partial charge in [0.1, 0.15) is 5.82 Å². The molecule has 0 N–H and O–H groups in total. The van der Waals surface area contributed by atoms with Gasteiger partial charge in [0.15, 0.2) is 0 Å². The minimum absolute atomic E-state index is 0.0142. The van der Waals surface area contributed by atoms with Crippen molar-refractivity contribution in [2.45, 2.75) is 12.7 Å². The summed E-state index contributed by atoms with van der Waals surface area (Å²) < 4.78 is 31.7. The number of hydrogen-bond donors (Lipinski definition) is 0. The highest BCUT2D eigenvalue weighted by Gasteiger charge is 2.27. The lowest BCUT2D eigenvalue weighted by atomic mass is 10.2. The Morgan fingerprint density at radius 2 is 1.78 bits per heavy atom. The molecule has 0 unspecified atom stereocenters. The summed E-state index contributed by atoms with van der Waals surface area (Å²) in [7, 11) is -3.34. The molecule has 1 aromatic heterocycles. The van der Waals surface area contributed by atoms with E-state index in [1.165, 1.54) is 10.5 Å². The standard InChI is InChI=1S/C19H23N3O4S/c1-2-26-19(23)17-8-9-18(20-14-17)21-10-12-22(13-11-21)27(24,25)15-16-6-4-3-5-7-16/h3-9,14H,2,10-13,15H2,1H3. The molecule has 1 fully saturated rings. The lowest BCUT2D eigenvalue weighted by molar-refractivity contribution is 0.0526. The number of hydrogen-bond acceptors (Lipinski definition) is 6. The molecule has 1 saturated heterocycles. The highest BCUT2D eigenvalue weighted by atomic mass is 32.2. The van der Waals surface area contributed by atoms with E-state index in [4.69, 9.17) is 4.74 Å². The Labute approximate surface area is 159 Å². The SMILES string of the molecule is CCOC(=O)c1ccc(N2CCN(S(=O)(=O)Cc3ccccc3)CC2)nc1. The Morgan fingerprint density at radius 1 is 1.07 bits per heavy atom. The molecule has 0 bridgehead atoms. The third-order valence-corrected chi connectivity index (χ3v) is 6.26. The molecule has 2 aromatic rings. The Bertz CT molecular complexity index is 862. The van der Waals surface area contributed by atoms with E-state index < -0.39 is 16.0 Å². The van der Waals surface area contributed by atoms with Crippen LogP contribution in [0.5, 0.6) is 0 Å². The first-order valence-corrected chi connectivity index (χ1v) is 10.5. The van der Waals surface area contributed by atoms with Crippen molar-refractivity contribution in [1.29, 1.82) is 0 Å². The molecule has 8 heteroatoms. The van der Waals surface area contributed by atoms with Crippen molar-refractivity contribution in [2.24, 2.45) is 0 Å². The van der Waals surface area contributed by atoms with Crippen LogP contribution in [0, 0.1) is 0 Å². The van der Waals surface area contributed by atoms with Gasteiger partial charge in [0.25, 0.3) is 0 Å². The molecule has 2 heterocycles. The summed E-state index contributed by atoms with van der Waals surface area (Å²) in [5, 5.41) is 0. The van der Waals surface area contributed by atoms with E-state index in [2.05, 4.69) is 4.98 Å². The van der Waals surface area contributed by atoms with E-state index in [1.807, 2.05) is 35.2 Å². The number of rotatable bonds is 6. The van der Waals surface area contributed by atoms with Gasteiger partial charge in [-0.15, -0.1) is 0 Å². The number of ether oxygens (including phenoxy) is 1. The Morgan fingerprint density at radius 3 is 2.37 bits per heavy atom. The molecule has 0 amide bonds. The van der Waals surface area contributed by atoms with Crippen molar-refractivity contribution in [2.75, 3.05) is 37.7 Å². The van der Waals surface area contributed by atoms with Gasteiger partial charge in [-0.1, -0.05) is 30.3 Å². The van der Waals surface area contributed by atoms with Crippen molar-refractivity contribution in [3.05, 3.63) is 59.8 Å². The van der Waals surface area contributed by atoms with Crippen LogP contribution < -0.4 is 4.90 Å². The van der Waals surface area contributed by atoms with Crippen LogP contribution in [0.15, 0.2) is 48.7 Å². The molecule has 1 aliphatic heterocycles. The summed E-state index contributed by atoms with van der Waals surface area (Å²) in [4.78, 5) is 18.0. The third-order valence-electron chi connectivity index (χ3n) is 4.41. The summed E-state index contributed by atoms with van der Waals surface area (Å²) in [6.45, 7) is 4.01. The first-order chi connectivity index (χ1) is 13.0. The van der Waals surface area contributed by atoms with Gasteiger partial charge in [-0.2, -0.15) is 4.31 Å². The van der Waals surface area contributed by atoms with E-state index in [-0.39, 0.29) is 5.75 Å². The molecular formula is C19H23N3O4S. The molecule has 1 aromatic carbocycles. The molecule has 0 aliphatic carbocycles. The van der Waals surface area contributed by atoms with Crippen molar-refractivity contribution in [3.63, 3.8) is 0 Å². The number of aromatic nitrogens is 1. The van der Waals surface area contributed by atoms with Crippen molar-refractivity contribution in [1.82, 2.24) is 9.29 Å². The average Bonchev–Trinajstić information content (AvgIpc) is 2.69. The maximum Gasteiger partial charge on any atom is 0.339 e. The average molecular weight is 389 g/mol. The predicted octanol–water partition coefficient (Wildman–Crippen LogP) is 1.91. The van der Waals surface area contributed by atoms with Gasteiger partial charge < -0.3 is 9.64 Å². The van der Waals surface area contributed by atoms with Gasteiger partial charge in [0.2, 0.25) is 10.0 Å². The molecule has 3 rings (SSSR count). The maximum absolute atomic E-state index is 12.6. The molecular weight excluding hydrogens is 366 g/mol. The van der Waals surface area contributed by atoms with Crippen molar-refractivity contribution < 1.29 is 17.9 Å². The van der Waals surface area contributed by atoms with Crippen LogP contribution in [0.4, 0.5) is 5.82 Å². The normalized spacial score (nSPS) is 15.5. The Kier molecular flexibility index (Phi) is 6.08. The Hall–Kier alpha value is -2.45. The number of benzene rings is 1. The van der Waals surface area contributed by atoms with Crippen LogP contribution >= 0.6 is 0 Å². The fourth-order valence-corrected chi connectivity index (χ4v) is 4.50. The topological polar surface area (TPSA) is 79.8 Å².